The Morgan fingerprint density at radius 2 is 1.79 bits per heavy atom. The third-order valence-corrected chi connectivity index (χ3v) is 3.23. The first-order valence-electron chi connectivity index (χ1n) is 5.10. The fourth-order valence-corrected chi connectivity index (χ4v) is 1.91. The third-order valence-electron chi connectivity index (χ3n) is 2.21. The quantitative estimate of drug-likeness (QED) is 0.508. The molecule has 1 aromatic carbocycles. The zero-order chi connectivity index (χ0) is 14.0. The summed E-state index contributed by atoms with van der Waals surface area (Å²) in [5, 5.41) is 8.32. The number of hydrogen-bond donors (Lipinski definition) is 2. The van der Waals surface area contributed by atoms with Crippen molar-refractivity contribution in [2.45, 2.75) is 0 Å². The van der Waals surface area contributed by atoms with Gasteiger partial charge < -0.3 is 10.5 Å². The van der Waals surface area contributed by atoms with Gasteiger partial charge in [-0.2, -0.15) is 0 Å². The van der Waals surface area contributed by atoms with Crippen LogP contribution in [-0.4, -0.2) is 10.8 Å². The number of nitrogens with zero attached hydrogens (tertiary/aromatic N) is 1. The standard InChI is InChI=1S/C12H8Cl3N3O/c13-7-4-9(15)11(5-8(7)14)19-6-1-2-18-10(3-6)12(16)17/h1-5H,(H3,16,17). The number of nitrogens with one attached hydrogen (secondary N) is 1. The van der Waals surface area contributed by atoms with E-state index < -0.39 is 0 Å². The van der Waals surface area contributed by atoms with E-state index in [-0.39, 0.29) is 5.84 Å². The molecule has 1 aromatic heterocycles. The summed E-state index contributed by atoms with van der Waals surface area (Å²) in [5.74, 6) is 0.656. The van der Waals surface area contributed by atoms with E-state index in [9.17, 15) is 0 Å². The molecule has 0 aliphatic rings. The summed E-state index contributed by atoms with van der Waals surface area (Å²) < 4.78 is 5.57. The minimum Gasteiger partial charge on any atom is -0.456 e. The van der Waals surface area contributed by atoms with Gasteiger partial charge in [0, 0.05) is 18.3 Å². The molecule has 0 saturated carbocycles. The van der Waals surface area contributed by atoms with Crippen molar-refractivity contribution in [3.63, 3.8) is 0 Å². The van der Waals surface area contributed by atoms with Crippen LogP contribution in [0, 0.1) is 5.41 Å². The second-order valence-corrected chi connectivity index (χ2v) is 4.81. The molecule has 2 aromatic rings. The van der Waals surface area contributed by atoms with Crippen molar-refractivity contribution in [1.29, 1.82) is 5.41 Å². The molecular formula is C12H8Cl3N3O. The molecule has 1 heterocycles. The maximum atomic E-state index is 7.31. The van der Waals surface area contributed by atoms with E-state index in [0.29, 0.717) is 32.3 Å². The molecule has 0 bridgehead atoms. The van der Waals surface area contributed by atoms with Crippen molar-refractivity contribution in [2.24, 2.45) is 5.73 Å². The number of aromatic nitrogens is 1. The first-order valence-corrected chi connectivity index (χ1v) is 6.23. The molecule has 0 atom stereocenters. The maximum absolute atomic E-state index is 7.31. The van der Waals surface area contributed by atoms with E-state index in [0.717, 1.165) is 0 Å². The molecule has 0 radical (unpaired) electrons. The summed E-state index contributed by atoms with van der Waals surface area (Å²) in [7, 11) is 0. The third kappa shape index (κ3) is 3.29. The van der Waals surface area contributed by atoms with Crippen LogP contribution < -0.4 is 10.5 Å². The normalized spacial score (nSPS) is 10.3. The summed E-state index contributed by atoms with van der Waals surface area (Å²) in [6.07, 6.45) is 1.48. The van der Waals surface area contributed by atoms with Gasteiger partial charge >= 0.3 is 0 Å². The van der Waals surface area contributed by atoms with Crippen molar-refractivity contribution >= 4 is 40.6 Å². The molecule has 98 valence electrons. The van der Waals surface area contributed by atoms with Gasteiger partial charge in [0.1, 0.15) is 23.0 Å². The Morgan fingerprint density at radius 1 is 1.11 bits per heavy atom. The van der Waals surface area contributed by atoms with E-state index in [4.69, 9.17) is 50.7 Å². The highest BCUT2D eigenvalue weighted by Gasteiger charge is 2.09. The number of amidine groups is 1. The van der Waals surface area contributed by atoms with E-state index >= 15 is 0 Å². The van der Waals surface area contributed by atoms with Crippen LogP contribution in [0.25, 0.3) is 0 Å². The van der Waals surface area contributed by atoms with Crippen LogP contribution in [0.5, 0.6) is 11.5 Å². The topological polar surface area (TPSA) is 72.0 Å². The Balaban J connectivity index is 2.33. The molecule has 0 saturated heterocycles. The number of halogens is 3. The monoisotopic (exact) mass is 315 g/mol. The first-order chi connectivity index (χ1) is 8.97. The van der Waals surface area contributed by atoms with Crippen LogP contribution in [0.1, 0.15) is 5.69 Å². The van der Waals surface area contributed by atoms with Gasteiger partial charge in [0.15, 0.2) is 0 Å². The molecule has 0 amide bonds. The smallest absolute Gasteiger partial charge is 0.147 e. The SMILES string of the molecule is N=C(N)c1cc(Oc2cc(Cl)c(Cl)cc2Cl)ccn1. The predicted molar refractivity (Wildman–Crippen MR) is 76.8 cm³/mol. The van der Waals surface area contributed by atoms with E-state index in [2.05, 4.69) is 4.98 Å². The summed E-state index contributed by atoms with van der Waals surface area (Å²) in [6.45, 7) is 0. The minimum absolute atomic E-state index is 0.148. The second-order valence-electron chi connectivity index (χ2n) is 3.59. The number of pyridine rings is 1. The maximum Gasteiger partial charge on any atom is 0.147 e. The van der Waals surface area contributed by atoms with Gasteiger partial charge in [0.05, 0.1) is 15.1 Å². The van der Waals surface area contributed by atoms with Crippen molar-refractivity contribution in [1.82, 2.24) is 4.98 Å². The number of ether oxygens (including phenoxy) is 1. The van der Waals surface area contributed by atoms with Crippen LogP contribution in [0.15, 0.2) is 30.5 Å². The van der Waals surface area contributed by atoms with Crippen molar-refractivity contribution in [2.75, 3.05) is 0 Å². The first kappa shape index (κ1) is 13.9. The second kappa shape index (κ2) is 5.65. The largest absolute Gasteiger partial charge is 0.456 e. The number of hydrogen-bond acceptors (Lipinski definition) is 3. The van der Waals surface area contributed by atoms with Crippen molar-refractivity contribution in [3.05, 3.63) is 51.2 Å². The highest BCUT2D eigenvalue weighted by atomic mass is 35.5. The lowest BCUT2D eigenvalue weighted by atomic mass is 10.3. The van der Waals surface area contributed by atoms with E-state index in [1.54, 1.807) is 6.07 Å². The Bertz CT molecular complexity index is 646. The summed E-state index contributed by atoms with van der Waals surface area (Å²) in [5.41, 5.74) is 5.66. The lowest BCUT2D eigenvalue weighted by Gasteiger charge is -2.09. The summed E-state index contributed by atoms with van der Waals surface area (Å²) >= 11 is 17.7. The lowest BCUT2D eigenvalue weighted by Crippen LogP contribution is -2.12. The average molecular weight is 317 g/mol. The summed E-state index contributed by atoms with van der Waals surface area (Å²) in [6, 6.07) is 6.15. The lowest BCUT2D eigenvalue weighted by molar-refractivity contribution is 0.482. The molecule has 7 heteroatoms. The zero-order valence-electron chi connectivity index (χ0n) is 9.45. The number of nitrogens with two attached hydrogens (primary N) is 1. The van der Waals surface area contributed by atoms with Gasteiger partial charge in [-0.15, -0.1) is 0 Å². The van der Waals surface area contributed by atoms with Gasteiger partial charge in [-0.25, -0.2) is 0 Å². The summed E-state index contributed by atoms with van der Waals surface area (Å²) in [4.78, 5) is 3.92. The molecular weight excluding hydrogens is 309 g/mol. The van der Waals surface area contributed by atoms with Crippen molar-refractivity contribution < 1.29 is 4.74 Å². The molecule has 4 nitrogen and oxygen atoms in total. The molecule has 3 N–H and O–H groups in total. The Kier molecular flexibility index (Phi) is 4.14. The molecule has 0 aliphatic carbocycles. The van der Waals surface area contributed by atoms with Gasteiger partial charge in [-0.05, 0) is 12.1 Å². The van der Waals surface area contributed by atoms with Gasteiger partial charge in [0.25, 0.3) is 0 Å². The number of nitrogen functional groups attached to an aromatic ring is 1. The molecule has 0 aliphatic heterocycles. The molecule has 2 rings (SSSR count). The molecule has 0 unspecified atom stereocenters. The van der Waals surface area contributed by atoms with Crippen LogP contribution in [0.4, 0.5) is 0 Å². The number of benzene rings is 1. The van der Waals surface area contributed by atoms with Crippen LogP contribution in [-0.2, 0) is 0 Å². The van der Waals surface area contributed by atoms with Crippen LogP contribution in [0.2, 0.25) is 15.1 Å². The molecule has 19 heavy (non-hydrogen) atoms. The van der Waals surface area contributed by atoms with E-state index in [1.807, 2.05) is 0 Å². The highest BCUT2D eigenvalue weighted by molar-refractivity contribution is 6.43. The number of rotatable bonds is 3. The van der Waals surface area contributed by atoms with Crippen LogP contribution in [0.3, 0.4) is 0 Å². The van der Waals surface area contributed by atoms with Crippen LogP contribution >= 0.6 is 34.8 Å². The van der Waals surface area contributed by atoms with E-state index in [1.165, 1.54) is 24.4 Å². The predicted octanol–water partition coefficient (Wildman–Crippen LogP) is 4.12. The Morgan fingerprint density at radius 3 is 2.47 bits per heavy atom. The van der Waals surface area contributed by atoms with Crippen molar-refractivity contribution in [3.8, 4) is 11.5 Å². The average Bonchev–Trinajstić information content (AvgIpc) is 2.36. The Labute approximate surface area is 124 Å². The molecule has 0 spiro atoms. The Hall–Kier alpha value is -1.49. The molecule has 0 fully saturated rings. The van der Waals surface area contributed by atoms with Gasteiger partial charge in [-0.1, -0.05) is 34.8 Å². The highest BCUT2D eigenvalue weighted by Crippen LogP contribution is 2.36. The fourth-order valence-electron chi connectivity index (χ4n) is 1.33. The fraction of sp³-hybridized carbons (Fsp3) is 0. The minimum atomic E-state index is -0.148. The zero-order valence-corrected chi connectivity index (χ0v) is 11.7. The van der Waals surface area contributed by atoms with Gasteiger partial charge in [-0.3, -0.25) is 10.4 Å². The van der Waals surface area contributed by atoms with Gasteiger partial charge in [0.2, 0.25) is 0 Å².